The van der Waals surface area contributed by atoms with Crippen molar-refractivity contribution in [1.29, 1.82) is 0 Å². The van der Waals surface area contributed by atoms with Gasteiger partial charge in [-0.05, 0) is 5.56 Å². The third kappa shape index (κ3) is 2.19. The molecular formula is C13H9N3O3S. The van der Waals surface area contributed by atoms with E-state index in [-0.39, 0.29) is 5.69 Å². The van der Waals surface area contributed by atoms with Crippen molar-refractivity contribution in [2.75, 3.05) is 7.11 Å². The van der Waals surface area contributed by atoms with Crippen LogP contribution in [0.2, 0.25) is 0 Å². The molecule has 0 spiro atoms. The van der Waals surface area contributed by atoms with Gasteiger partial charge in [-0.3, -0.25) is 0 Å². The first-order chi connectivity index (χ1) is 9.79. The SMILES string of the molecule is COC(=O)c1nc(-c2ncon2)sc1-c1ccccc1. The first-order valence-electron chi connectivity index (χ1n) is 5.71. The van der Waals surface area contributed by atoms with E-state index in [1.807, 2.05) is 30.3 Å². The molecule has 0 atom stereocenters. The van der Waals surface area contributed by atoms with Crippen molar-refractivity contribution in [3.05, 3.63) is 42.4 Å². The Morgan fingerprint density at radius 2 is 2.10 bits per heavy atom. The Bertz CT molecular complexity index is 723. The third-order valence-corrected chi connectivity index (χ3v) is 3.69. The molecule has 20 heavy (non-hydrogen) atoms. The second kappa shape index (κ2) is 5.22. The highest BCUT2D eigenvalue weighted by Gasteiger charge is 2.22. The number of hydrogen-bond donors (Lipinski definition) is 0. The monoisotopic (exact) mass is 287 g/mol. The number of methoxy groups -OCH3 is 1. The van der Waals surface area contributed by atoms with Crippen LogP contribution in [0.15, 0.2) is 41.2 Å². The predicted octanol–water partition coefficient (Wildman–Crippen LogP) is 2.65. The van der Waals surface area contributed by atoms with E-state index in [1.165, 1.54) is 24.8 Å². The zero-order chi connectivity index (χ0) is 13.9. The van der Waals surface area contributed by atoms with Crippen LogP contribution in [0.3, 0.4) is 0 Å². The van der Waals surface area contributed by atoms with Crippen LogP contribution in [-0.2, 0) is 4.74 Å². The number of rotatable bonds is 3. The summed E-state index contributed by atoms with van der Waals surface area (Å²) in [6.07, 6.45) is 1.22. The largest absolute Gasteiger partial charge is 0.464 e. The molecule has 0 N–H and O–H groups in total. The minimum absolute atomic E-state index is 0.253. The number of aromatic nitrogens is 3. The molecule has 2 aromatic heterocycles. The Balaban J connectivity index is 2.15. The Hall–Kier alpha value is -2.54. The molecule has 0 aliphatic rings. The second-order valence-electron chi connectivity index (χ2n) is 3.81. The summed E-state index contributed by atoms with van der Waals surface area (Å²) in [4.78, 5) is 20.8. The molecular weight excluding hydrogens is 278 g/mol. The molecule has 1 aromatic carbocycles. The Kier molecular flexibility index (Phi) is 3.26. The van der Waals surface area contributed by atoms with Crippen molar-refractivity contribution in [1.82, 2.24) is 15.1 Å². The number of carbonyl (C=O) groups is 1. The summed E-state index contributed by atoms with van der Waals surface area (Å²) in [5, 5.41) is 4.24. The van der Waals surface area contributed by atoms with E-state index in [2.05, 4.69) is 15.1 Å². The molecule has 0 fully saturated rings. The highest BCUT2D eigenvalue weighted by molar-refractivity contribution is 7.18. The van der Waals surface area contributed by atoms with Gasteiger partial charge in [0, 0.05) is 0 Å². The van der Waals surface area contributed by atoms with E-state index >= 15 is 0 Å². The molecule has 0 unspecified atom stereocenters. The Morgan fingerprint density at radius 1 is 1.30 bits per heavy atom. The molecule has 3 aromatic rings. The molecule has 3 rings (SSSR count). The van der Waals surface area contributed by atoms with Crippen LogP contribution in [-0.4, -0.2) is 28.2 Å². The molecule has 7 heteroatoms. The lowest BCUT2D eigenvalue weighted by Gasteiger charge is -1.99. The number of ether oxygens (including phenoxy) is 1. The molecule has 100 valence electrons. The number of benzene rings is 1. The summed E-state index contributed by atoms with van der Waals surface area (Å²) < 4.78 is 9.47. The first kappa shape index (κ1) is 12.5. The number of thiazole rings is 1. The van der Waals surface area contributed by atoms with E-state index < -0.39 is 5.97 Å². The van der Waals surface area contributed by atoms with Crippen LogP contribution >= 0.6 is 11.3 Å². The fraction of sp³-hybridized carbons (Fsp3) is 0.0769. The zero-order valence-corrected chi connectivity index (χ0v) is 11.3. The van der Waals surface area contributed by atoms with Crippen LogP contribution in [0.5, 0.6) is 0 Å². The van der Waals surface area contributed by atoms with Crippen LogP contribution in [0, 0.1) is 0 Å². The maximum atomic E-state index is 11.8. The fourth-order valence-electron chi connectivity index (χ4n) is 1.70. The van der Waals surface area contributed by atoms with Crippen molar-refractivity contribution in [3.8, 4) is 21.3 Å². The lowest BCUT2D eigenvalue weighted by atomic mass is 10.1. The summed E-state index contributed by atoms with van der Waals surface area (Å²) in [5.41, 5.74) is 1.14. The summed E-state index contributed by atoms with van der Waals surface area (Å²) >= 11 is 1.32. The van der Waals surface area contributed by atoms with E-state index in [0.29, 0.717) is 10.8 Å². The van der Waals surface area contributed by atoms with E-state index in [1.54, 1.807) is 0 Å². The van der Waals surface area contributed by atoms with Gasteiger partial charge in [0.1, 0.15) is 0 Å². The minimum atomic E-state index is -0.491. The standard InChI is InChI=1S/C13H9N3O3S/c1-18-13(17)9-10(8-5-3-2-4-6-8)20-12(15-9)11-14-7-19-16-11/h2-7H,1H3. The molecule has 0 amide bonds. The predicted molar refractivity (Wildman–Crippen MR) is 72.2 cm³/mol. The maximum Gasteiger partial charge on any atom is 0.358 e. The maximum absolute atomic E-state index is 11.8. The molecule has 0 saturated carbocycles. The average molecular weight is 287 g/mol. The zero-order valence-electron chi connectivity index (χ0n) is 10.4. The van der Waals surface area contributed by atoms with E-state index in [4.69, 9.17) is 9.26 Å². The number of esters is 1. The van der Waals surface area contributed by atoms with Crippen molar-refractivity contribution in [2.45, 2.75) is 0 Å². The topological polar surface area (TPSA) is 78.1 Å². The molecule has 0 aliphatic heterocycles. The number of carbonyl (C=O) groups excluding carboxylic acids is 1. The minimum Gasteiger partial charge on any atom is -0.464 e. The fourth-order valence-corrected chi connectivity index (χ4v) is 2.69. The van der Waals surface area contributed by atoms with Crippen molar-refractivity contribution < 1.29 is 14.1 Å². The van der Waals surface area contributed by atoms with Gasteiger partial charge < -0.3 is 9.26 Å². The van der Waals surface area contributed by atoms with Crippen LogP contribution < -0.4 is 0 Å². The van der Waals surface area contributed by atoms with Gasteiger partial charge >= 0.3 is 5.97 Å². The number of nitrogens with zero attached hydrogens (tertiary/aromatic N) is 3. The van der Waals surface area contributed by atoms with Gasteiger partial charge in [0.25, 0.3) is 0 Å². The van der Waals surface area contributed by atoms with E-state index in [0.717, 1.165) is 10.4 Å². The van der Waals surface area contributed by atoms with Gasteiger partial charge in [-0.1, -0.05) is 35.5 Å². The average Bonchev–Trinajstić information content (AvgIpc) is 3.16. The quantitative estimate of drug-likeness (QED) is 0.689. The van der Waals surface area contributed by atoms with Gasteiger partial charge in [0.2, 0.25) is 12.2 Å². The van der Waals surface area contributed by atoms with Gasteiger partial charge in [-0.15, -0.1) is 11.3 Å². The summed E-state index contributed by atoms with van der Waals surface area (Å²) in [6, 6.07) is 9.50. The Morgan fingerprint density at radius 3 is 2.75 bits per heavy atom. The highest BCUT2D eigenvalue weighted by atomic mass is 32.1. The molecule has 6 nitrogen and oxygen atoms in total. The van der Waals surface area contributed by atoms with Crippen molar-refractivity contribution >= 4 is 17.3 Å². The van der Waals surface area contributed by atoms with Gasteiger partial charge in [0.15, 0.2) is 10.7 Å². The normalized spacial score (nSPS) is 10.4. The lowest BCUT2D eigenvalue weighted by molar-refractivity contribution is 0.0596. The molecule has 0 radical (unpaired) electrons. The van der Waals surface area contributed by atoms with Crippen LogP contribution in [0.25, 0.3) is 21.3 Å². The van der Waals surface area contributed by atoms with Crippen molar-refractivity contribution in [3.63, 3.8) is 0 Å². The molecule has 0 saturated heterocycles. The molecule has 0 aliphatic carbocycles. The molecule has 0 bridgehead atoms. The van der Waals surface area contributed by atoms with Gasteiger partial charge in [0.05, 0.1) is 12.0 Å². The second-order valence-corrected chi connectivity index (χ2v) is 4.81. The summed E-state index contributed by atoms with van der Waals surface area (Å²) in [5.74, 6) is -0.141. The first-order valence-corrected chi connectivity index (χ1v) is 6.52. The van der Waals surface area contributed by atoms with Crippen molar-refractivity contribution in [2.24, 2.45) is 0 Å². The number of hydrogen-bond acceptors (Lipinski definition) is 7. The highest BCUT2D eigenvalue weighted by Crippen LogP contribution is 2.34. The molecule has 2 heterocycles. The third-order valence-electron chi connectivity index (χ3n) is 2.59. The Labute approximate surface area is 118 Å². The van der Waals surface area contributed by atoms with Crippen LogP contribution in [0.4, 0.5) is 0 Å². The van der Waals surface area contributed by atoms with Gasteiger partial charge in [-0.2, -0.15) is 4.98 Å². The van der Waals surface area contributed by atoms with E-state index in [9.17, 15) is 4.79 Å². The summed E-state index contributed by atoms with van der Waals surface area (Å²) in [6.45, 7) is 0. The summed E-state index contributed by atoms with van der Waals surface area (Å²) in [7, 11) is 1.32. The van der Waals surface area contributed by atoms with Gasteiger partial charge in [-0.25, -0.2) is 9.78 Å². The lowest BCUT2D eigenvalue weighted by Crippen LogP contribution is -2.03. The smallest absolute Gasteiger partial charge is 0.358 e. The van der Waals surface area contributed by atoms with Crippen LogP contribution in [0.1, 0.15) is 10.5 Å².